The lowest BCUT2D eigenvalue weighted by Gasteiger charge is -2.37. The number of rotatable bonds is 2. The molecule has 3 nitrogen and oxygen atoms in total. The normalized spacial score (nSPS) is 24.1. The molecule has 1 saturated heterocycles. The Morgan fingerprint density at radius 3 is 2.72 bits per heavy atom. The van der Waals surface area contributed by atoms with Crippen molar-refractivity contribution < 1.29 is 9.53 Å². The molecule has 1 aromatic rings. The van der Waals surface area contributed by atoms with Crippen LogP contribution in [0.15, 0.2) is 24.3 Å². The van der Waals surface area contributed by atoms with Crippen LogP contribution in [0, 0.1) is 6.92 Å². The van der Waals surface area contributed by atoms with Gasteiger partial charge in [0, 0.05) is 17.4 Å². The number of morpholine rings is 1. The van der Waals surface area contributed by atoms with Crippen LogP contribution >= 0.6 is 15.9 Å². The molecule has 4 heteroatoms. The lowest BCUT2D eigenvalue weighted by atomic mass is 10.1. The topological polar surface area (TPSA) is 29.5 Å². The van der Waals surface area contributed by atoms with Gasteiger partial charge in [0.2, 0.25) is 0 Å². The van der Waals surface area contributed by atoms with Gasteiger partial charge in [-0.15, -0.1) is 0 Å². The van der Waals surface area contributed by atoms with Crippen molar-refractivity contribution in [2.24, 2.45) is 0 Å². The molecule has 0 aliphatic carbocycles. The highest BCUT2D eigenvalue weighted by molar-refractivity contribution is 9.09. The number of halogens is 1. The summed E-state index contributed by atoms with van der Waals surface area (Å²) in [5.41, 5.74) is 1.92. The van der Waals surface area contributed by atoms with Crippen molar-refractivity contribution >= 4 is 21.8 Å². The summed E-state index contributed by atoms with van der Waals surface area (Å²) in [4.78, 5) is 14.3. The highest BCUT2D eigenvalue weighted by atomic mass is 79.9. The smallest absolute Gasteiger partial charge is 0.254 e. The molecular weight excluding hydrogens is 294 g/mol. The van der Waals surface area contributed by atoms with Gasteiger partial charge in [-0.1, -0.05) is 33.6 Å². The van der Waals surface area contributed by atoms with Crippen LogP contribution in [0.3, 0.4) is 0 Å². The Morgan fingerprint density at radius 2 is 2.11 bits per heavy atom. The standard InChI is InChI=1S/C14H18BrNO2/c1-10-3-5-12(6-4-10)14(17)16-8-13(7-15)18-9-11(16)2/h3-6,11,13H,7-9H2,1-2H3. The third-order valence-electron chi connectivity index (χ3n) is 3.24. The molecule has 2 unspecified atom stereocenters. The number of nitrogens with zero attached hydrogens (tertiary/aromatic N) is 1. The summed E-state index contributed by atoms with van der Waals surface area (Å²) in [5, 5.41) is 0.761. The SMILES string of the molecule is Cc1ccc(C(=O)N2CC(CBr)OCC2C)cc1. The lowest BCUT2D eigenvalue weighted by Crippen LogP contribution is -2.51. The highest BCUT2D eigenvalue weighted by Gasteiger charge is 2.29. The van der Waals surface area contributed by atoms with E-state index in [1.54, 1.807) is 0 Å². The zero-order chi connectivity index (χ0) is 13.1. The number of amides is 1. The van der Waals surface area contributed by atoms with Crippen molar-refractivity contribution in [3.05, 3.63) is 35.4 Å². The molecule has 2 rings (SSSR count). The van der Waals surface area contributed by atoms with Gasteiger partial charge in [0.25, 0.3) is 5.91 Å². The Morgan fingerprint density at radius 1 is 1.44 bits per heavy atom. The fourth-order valence-corrected chi connectivity index (χ4v) is 2.45. The van der Waals surface area contributed by atoms with E-state index in [0.29, 0.717) is 13.2 Å². The van der Waals surface area contributed by atoms with Crippen LogP contribution in [0.1, 0.15) is 22.8 Å². The number of aryl methyl sites for hydroxylation is 1. The summed E-state index contributed by atoms with van der Waals surface area (Å²) in [7, 11) is 0. The van der Waals surface area contributed by atoms with E-state index >= 15 is 0 Å². The average Bonchev–Trinajstić information content (AvgIpc) is 2.39. The average molecular weight is 312 g/mol. The molecule has 1 aromatic carbocycles. The molecule has 0 saturated carbocycles. The van der Waals surface area contributed by atoms with E-state index in [4.69, 9.17) is 4.74 Å². The predicted molar refractivity (Wildman–Crippen MR) is 75.2 cm³/mol. The van der Waals surface area contributed by atoms with Gasteiger partial charge in [-0.05, 0) is 26.0 Å². The predicted octanol–water partition coefficient (Wildman–Crippen LogP) is 2.62. The number of carbonyl (C=O) groups excluding carboxylic acids is 1. The third kappa shape index (κ3) is 2.93. The van der Waals surface area contributed by atoms with Crippen LogP contribution in [0.25, 0.3) is 0 Å². The number of alkyl halides is 1. The molecule has 0 aromatic heterocycles. The molecule has 2 atom stereocenters. The number of carbonyl (C=O) groups is 1. The van der Waals surface area contributed by atoms with Gasteiger partial charge in [-0.2, -0.15) is 0 Å². The number of ether oxygens (including phenoxy) is 1. The molecule has 0 N–H and O–H groups in total. The van der Waals surface area contributed by atoms with Gasteiger partial charge in [-0.3, -0.25) is 4.79 Å². The van der Waals surface area contributed by atoms with Gasteiger partial charge in [0.15, 0.2) is 0 Å². The maximum atomic E-state index is 12.4. The molecular formula is C14H18BrNO2. The van der Waals surface area contributed by atoms with E-state index < -0.39 is 0 Å². The van der Waals surface area contributed by atoms with Gasteiger partial charge in [0.1, 0.15) is 0 Å². The van der Waals surface area contributed by atoms with Crippen molar-refractivity contribution in [2.45, 2.75) is 26.0 Å². The second-order valence-corrected chi connectivity index (χ2v) is 5.43. The van der Waals surface area contributed by atoms with E-state index in [9.17, 15) is 4.79 Å². The van der Waals surface area contributed by atoms with Gasteiger partial charge < -0.3 is 9.64 Å². The largest absolute Gasteiger partial charge is 0.373 e. The van der Waals surface area contributed by atoms with E-state index in [1.165, 1.54) is 5.56 Å². The Hall–Kier alpha value is -0.870. The second-order valence-electron chi connectivity index (χ2n) is 4.78. The quantitative estimate of drug-likeness (QED) is 0.786. The maximum Gasteiger partial charge on any atom is 0.254 e. The minimum Gasteiger partial charge on any atom is -0.373 e. The first-order valence-corrected chi connectivity index (χ1v) is 7.29. The van der Waals surface area contributed by atoms with Crippen LogP contribution in [0.2, 0.25) is 0 Å². The van der Waals surface area contributed by atoms with Gasteiger partial charge in [0.05, 0.1) is 18.8 Å². The molecule has 1 fully saturated rings. The monoisotopic (exact) mass is 311 g/mol. The number of hydrogen-bond donors (Lipinski definition) is 0. The van der Waals surface area contributed by atoms with Crippen LogP contribution in [0.4, 0.5) is 0 Å². The minimum absolute atomic E-state index is 0.0931. The first kappa shape index (κ1) is 13.6. The summed E-state index contributed by atoms with van der Waals surface area (Å²) in [6.07, 6.45) is 0.0931. The van der Waals surface area contributed by atoms with Crippen LogP contribution in [0.5, 0.6) is 0 Å². The van der Waals surface area contributed by atoms with E-state index in [0.717, 1.165) is 10.9 Å². The summed E-state index contributed by atoms with van der Waals surface area (Å²) in [5.74, 6) is 0.0942. The summed E-state index contributed by atoms with van der Waals surface area (Å²) in [6.45, 7) is 5.30. The van der Waals surface area contributed by atoms with Crippen molar-refractivity contribution in [1.29, 1.82) is 0 Å². The lowest BCUT2D eigenvalue weighted by molar-refractivity contribution is -0.0361. The molecule has 1 heterocycles. The molecule has 1 amide bonds. The first-order valence-electron chi connectivity index (χ1n) is 6.17. The Labute approximate surface area is 116 Å². The number of hydrogen-bond acceptors (Lipinski definition) is 2. The van der Waals surface area contributed by atoms with Crippen molar-refractivity contribution in [2.75, 3.05) is 18.5 Å². The molecule has 1 aliphatic rings. The summed E-state index contributed by atoms with van der Waals surface area (Å²) >= 11 is 3.41. The summed E-state index contributed by atoms with van der Waals surface area (Å²) < 4.78 is 5.63. The first-order chi connectivity index (χ1) is 8.61. The minimum atomic E-state index is 0.0931. The Kier molecular flexibility index (Phi) is 4.40. The molecule has 0 radical (unpaired) electrons. The Bertz CT molecular complexity index is 418. The molecule has 0 spiro atoms. The van der Waals surface area contributed by atoms with Crippen molar-refractivity contribution in [1.82, 2.24) is 4.90 Å². The second kappa shape index (κ2) is 5.85. The van der Waals surface area contributed by atoms with E-state index in [1.807, 2.05) is 43.0 Å². The molecule has 0 bridgehead atoms. The van der Waals surface area contributed by atoms with Crippen LogP contribution in [-0.4, -0.2) is 41.4 Å². The highest BCUT2D eigenvalue weighted by Crippen LogP contribution is 2.17. The van der Waals surface area contributed by atoms with E-state index in [-0.39, 0.29) is 18.1 Å². The zero-order valence-corrected chi connectivity index (χ0v) is 12.3. The molecule has 1 aliphatic heterocycles. The Balaban J connectivity index is 2.13. The van der Waals surface area contributed by atoms with E-state index in [2.05, 4.69) is 15.9 Å². The zero-order valence-electron chi connectivity index (χ0n) is 10.7. The van der Waals surface area contributed by atoms with Gasteiger partial charge in [-0.25, -0.2) is 0 Å². The number of benzene rings is 1. The fraction of sp³-hybridized carbons (Fsp3) is 0.500. The van der Waals surface area contributed by atoms with Gasteiger partial charge >= 0.3 is 0 Å². The molecule has 98 valence electrons. The fourth-order valence-electron chi connectivity index (χ4n) is 2.06. The van der Waals surface area contributed by atoms with Crippen LogP contribution < -0.4 is 0 Å². The van der Waals surface area contributed by atoms with Crippen molar-refractivity contribution in [3.63, 3.8) is 0 Å². The third-order valence-corrected chi connectivity index (χ3v) is 3.96. The maximum absolute atomic E-state index is 12.4. The molecule has 18 heavy (non-hydrogen) atoms. The van der Waals surface area contributed by atoms with Crippen LogP contribution in [-0.2, 0) is 4.74 Å². The van der Waals surface area contributed by atoms with Crippen molar-refractivity contribution in [3.8, 4) is 0 Å². The summed E-state index contributed by atoms with van der Waals surface area (Å²) in [6, 6.07) is 7.86.